The molecule has 3 nitrogen and oxygen atoms in total. The van der Waals surface area contributed by atoms with E-state index in [9.17, 15) is 9.18 Å². The first kappa shape index (κ1) is 12.1. The van der Waals surface area contributed by atoms with Crippen LogP contribution in [-0.2, 0) is 4.79 Å². The SMILES string of the molecule is CC[C@@H](N)C(=O)Nc1cc(Br)ccc1F. The molecule has 0 aliphatic heterocycles. The van der Waals surface area contributed by atoms with Crippen molar-refractivity contribution >= 4 is 27.5 Å². The molecular formula is C10H12BrFN2O. The second-order valence-electron chi connectivity index (χ2n) is 3.13. The zero-order valence-electron chi connectivity index (χ0n) is 8.26. The maximum Gasteiger partial charge on any atom is 0.241 e. The number of anilines is 1. The van der Waals surface area contributed by atoms with Gasteiger partial charge in [-0.25, -0.2) is 4.39 Å². The van der Waals surface area contributed by atoms with Crippen LogP contribution in [0, 0.1) is 5.82 Å². The van der Waals surface area contributed by atoms with E-state index >= 15 is 0 Å². The fourth-order valence-electron chi connectivity index (χ4n) is 1.00. The summed E-state index contributed by atoms with van der Waals surface area (Å²) in [7, 11) is 0. The van der Waals surface area contributed by atoms with E-state index in [1.54, 1.807) is 13.0 Å². The third-order valence-electron chi connectivity index (χ3n) is 1.96. The summed E-state index contributed by atoms with van der Waals surface area (Å²) in [6.07, 6.45) is 0.515. The van der Waals surface area contributed by atoms with Crippen molar-refractivity contribution in [2.75, 3.05) is 5.32 Å². The Bertz CT molecular complexity index is 370. The van der Waals surface area contributed by atoms with Crippen molar-refractivity contribution in [2.24, 2.45) is 5.73 Å². The van der Waals surface area contributed by atoms with Crippen molar-refractivity contribution in [3.05, 3.63) is 28.5 Å². The summed E-state index contributed by atoms with van der Waals surface area (Å²) < 4.78 is 13.9. The standard InChI is InChI=1S/C10H12BrFN2O/c1-2-8(13)10(15)14-9-5-6(11)3-4-7(9)12/h3-5,8H,2,13H2,1H3,(H,14,15)/t8-/m1/s1. The van der Waals surface area contributed by atoms with E-state index in [-0.39, 0.29) is 11.6 Å². The highest BCUT2D eigenvalue weighted by molar-refractivity contribution is 9.10. The molecule has 0 spiro atoms. The van der Waals surface area contributed by atoms with Crippen LogP contribution in [-0.4, -0.2) is 11.9 Å². The average Bonchev–Trinajstić information content (AvgIpc) is 2.22. The predicted octanol–water partition coefficient (Wildman–Crippen LogP) is 2.26. The summed E-state index contributed by atoms with van der Waals surface area (Å²) in [5, 5.41) is 2.43. The van der Waals surface area contributed by atoms with Gasteiger partial charge in [0.05, 0.1) is 11.7 Å². The predicted molar refractivity (Wildman–Crippen MR) is 61.0 cm³/mol. The molecule has 0 bridgehead atoms. The number of carbonyl (C=O) groups excluding carboxylic acids is 1. The van der Waals surface area contributed by atoms with Crippen molar-refractivity contribution in [2.45, 2.75) is 19.4 Å². The maximum absolute atomic E-state index is 13.2. The van der Waals surface area contributed by atoms with Gasteiger partial charge in [0.2, 0.25) is 5.91 Å². The van der Waals surface area contributed by atoms with Crippen molar-refractivity contribution < 1.29 is 9.18 Å². The van der Waals surface area contributed by atoms with E-state index in [2.05, 4.69) is 21.2 Å². The Kier molecular flexibility index (Phi) is 4.23. The van der Waals surface area contributed by atoms with Crippen LogP contribution in [0.4, 0.5) is 10.1 Å². The average molecular weight is 275 g/mol. The van der Waals surface area contributed by atoms with Gasteiger partial charge < -0.3 is 11.1 Å². The maximum atomic E-state index is 13.2. The van der Waals surface area contributed by atoms with E-state index in [0.29, 0.717) is 10.9 Å². The summed E-state index contributed by atoms with van der Waals surface area (Å²) in [6, 6.07) is 3.72. The van der Waals surface area contributed by atoms with Gasteiger partial charge in [0.1, 0.15) is 5.82 Å². The number of nitrogens with one attached hydrogen (secondary N) is 1. The summed E-state index contributed by atoms with van der Waals surface area (Å²) in [5.41, 5.74) is 5.64. The Hall–Kier alpha value is -0.940. The number of rotatable bonds is 3. The minimum atomic E-state index is -0.608. The number of carbonyl (C=O) groups is 1. The molecule has 0 saturated heterocycles. The molecule has 0 aliphatic rings. The van der Waals surface area contributed by atoms with Gasteiger partial charge in [-0.3, -0.25) is 4.79 Å². The molecule has 82 valence electrons. The van der Waals surface area contributed by atoms with Gasteiger partial charge in [0.25, 0.3) is 0 Å². The first-order chi connectivity index (χ1) is 7.04. The molecule has 1 aromatic rings. The lowest BCUT2D eigenvalue weighted by Crippen LogP contribution is -2.35. The highest BCUT2D eigenvalue weighted by Crippen LogP contribution is 2.20. The molecule has 0 aromatic heterocycles. The Morgan fingerprint density at radius 3 is 2.93 bits per heavy atom. The topological polar surface area (TPSA) is 55.1 Å². The quantitative estimate of drug-likeness (QED) is 0.889. The zero-order valence-corrected chi connectivity index (χ0v) is 9.84. The lowest BCUT2D eigenvalue weighted by atomic mass is 10.2. The third-order valence-corrected chi connectivity index (χ3v) is 2.46. The summed E-state index contributed by atoms with van der Waals surface area (Å²) in [5.74, 6) is -0.857. The minimum Gasteiger partial charge on any atom is -0.322 e. The van der Waals surface area contributed by atoms with Crippen LogP contribution >= 0.6 is 15.9 Å². The molecule has 0 radical (unpaired) electrons. The number of amides is 1. The highest BCUT2D eigenvalue weighted by atomic mass is 79.9. The van der Waals surface area contributed by atoms with Crippen LogP contribution in [0.1, 0.15) is 13.3 Å². The van der Waals surface area contributed by atoms with Crippen molar-refractivity contribution in [3.63, 3.8) is 0 Å². The molecule has 15 heavy (non-hydrogen) atoms. The van der Waals surface area contributed by atoms with Crippen LogP contribution in [0.5, 0.6) is 0 Å². The molecule has 5 heteroatoms. The van der Waals surface area contributed by atoms with Gasteiger partial charge in [0, 0.05) is 4.47 Å². The second kappa shape index (κ2) is 5.23. The summed E-state index contributed by atoms with van der Waals surface area (Å²) >= 11 is 3.19. The highest BCUT2D eigenvalue weighted by Gasteiger charge is 2.13. The third kappa shape index (κ3) is 3.28. The molecule has 0 heterocycles. The van der Waals surface area contributed by atoms with Crippen LogP contribution in [0.15, 0.2) is 22.7 Å². The van der Waals surface area contributed by atoms with Crippen LogP contribution < -0.4 is 11.1 Å². The smallest absolute Gasteiger partial charge is 0.241 e. The Labute approximate surface area is 96.0 Å². The fraction of sp³-hybridized carbons (Fsp3) is 0.300. The molecule has 0 saturated carbocycles. The lowest BCUT2D eigenvalue weighted by molar-refractivity contribution is -0.117. The molecular weight excluding hydrogens is 263 g/mol. The second-order valence-corrected chi connectivity index (χ2v) is 4.04. The monoisotopic (exact) mass is 274 g/mol. The van der Waals surface area contributed by atoms with E-state index < -0.39 is 11.9 Å². The van der Waals surface area contributed by atoms with Gasteiger partial charge in [-0.15, -0.1) is 0 Å². The van der Waals surface area contributed by atoms with E-state index in [0.717, 1.165) is 0 Å². The molecule has 1 rings (SSSR count). The van der Waals surface area contributed by atoms with Crippen molar-refractivity contribution in [1.82, 2.24) is 0 Å². The molecule has 1 atom stereocenters. The Morgan fingerprint density at radius 2 is 2.33 bits per heavy atom. The van der Waals surface area contributed by atoms with Gasteiger partial charge >= 0.3 is 0 Å². The zero-order chi connectivity index (χ0) is 11.4. The first-order valence-corrected chi connectivity index (χ1v) is 5.35. The normalized spacial score (nSPS) is 12.3. The fourth-order valence-corrected chi connectivity index (χ4v) is 1.37. The Balaban J connectivity index is 2.80. The summed E-state index contributed by atoms with van der Waals surface area (Å²) in [4.78, 5) is 11.4. The number of hydrogen-bond donors (Lipinski definition) is 2. The molecule has 1 aromatic carbocycles. The summed E-state index contributed by atoms with van der Waals surface area (Å²) in [6.45, 7) is 1.79. The molecule has 0 aliphatic carbocycles. The molecule has 0 fully saturated rings. The largest absolute Gasteiger partial charge is 0.322 e. The van der Waals surface area contributed by atoms with E-state index in [1.165, 1.54) is 12.1 Å². The molecule has 1 amide bonds. The van der Waals surface area contributed by atoms with E-state index in [1.807, 2.05) is 0 Å². The van der Waals surface area contributed by atoms with Gasteiger partial charge in [0.15, 0.2) is 0 Å². The number of benzene rings is 1. The number of nitrogens with two attached hydrogens (primary N) is 1. The van der Waals surface area contributed by atoms with E-state index in [4.69, 9.17) is 5.73 Å². The van der Waals surface area contributed by atoms with Crippen molar-refractivity contribution in [1.29, 1.82) is 0 Å². The van der Waals surface area contributed by atoms with Gasteiger partial charge in [-0.05, 0) is 24.6 Å². The lowest BCUT2D eigenvalue weighted by Gasteiger charge is -2.10. The van der Waals surface area contributed by atoms with Gasteiger partial charge in [-0.2, -0.15) is 0 Å². The number of halogens is 2. The first-order valence-electron chi connectivity index (χ1n) is 4.56. The Morgan fingerprint density at radius 1 is 1.67 bits per heavy atom. The molecule has 0 unspecified atom stereocenters. The molecule has 3 N–H and O–H groups in total. The van der Waals surface area contributed by atoms with Crippen LogP contribution in [0.2, 0.25) is 0 Å². The minimum absolute atomic E-state index is 0.137. The van der Waals surface area contributed by atoms with Crippen LogP contribution in [0.25, 0.3) is 0 Å². The number of hydrogen-bond acceptors (Lipinski definition) is 2. The van der Waals surface area contributed by atoms with Gasteiger partial charge in [-0.1, -0.05) is 22.9 Å². The van der Waals surface area contributed by atoms with Crippen LogP contribution in [0.3, 0.4) is 0 Å². The van der Waals surface area contributed by atoms with Crippen molar-refractivity contribution in [3.8, 4) is 0 Å².